The van der Waals surface area contributed by atoms with Crippen molar-refractivity contribution in [2.45, 2.75) is 11.6 Å². The number of methoxy groups -OCH3 is 1. The molecule has 0 saturated carbocycles. The van der Waals surface area contributed by atoms with Crippen molar-refractivity contribution in [1.82, 2.24) is 9.97 Å². The summed E-state index contributed by atoms with van der Waals surface area (Å²) < 4.78 is 5.11. The van der Waals surface area contributed by atoms with E-state index in [1.54, 1.807) is 7.11 Å². The minimum Gasteiger partial charge on any atom is -0.497 e. The zero-order valence-corrected chi connectivity index (χ0v) is 11.9. The third kappa shape index (κ3) is 3.62. The van der Waals surface area contributed by atoms with Crippen LogP contribution in [0.5, 0.6) is 5.75 Å². The van der Waals surface area contributed by atoms with Gasteiger partial charge in [-0.3, -0.25) is 0 Å². The van der Waals surface area contributed by atoms with Gasteiger partial charge in [0.25, 0.3) is 0 Å². The van der Waals surface area contributed by atoms with Gasteiger partial charge in [-0.1, -0.05) is 23.9 Å². The van der Waals surface area contributed by atoms with Crippen molar-refractivity contribution >= 4 is 17.6 Å². The zero-order valence-electron chi connectivity index (χ0n) is 11.0. The van der Waals surface area contributed by atoms with E-state index in [0.29, 0.717) is 10.7 Å². The molecule has 2 N–H and O–H groups in total. The first-order chi connectivity index (χ1) is 9.72. The largest absolute Gasteiger partial charge is 0.497 e. The van der Waals surface area contributed by atoms with Crippen LogP contribution in [-0.2, 0) is 6.42 Å². The Bertz CT molecular complexity index is 622. The Kier molecular flexibility index (Phi) is 4.80. The number of hydrogen-bond acceptors (Lipinski definition) is 6. The minimum atomic E-state index is 0.231. The molecule has 1 heterocycles. The summed E-state index contributed by atoms with van der Waals surface area (Å²) in [6, 6.07) is 9.90. The molecule has 5 nitrogen and oxygen atoms in total. The normalized spacial score (nSPS) is 10.0. The second kappa shape index (κ2) is 6.78. The van der Waals surface area contributed by atoms with Crippen LogP contribution >= 0.6 is 11.8 Å². The van der Waals surface area contributed by atoms with Crippen LogP contribution in [-0.4, -0.2) is 22.8 Å². The van der Waals surface area contributed by atoms with Crippen LogP contribution in [0.4, 0.5) is 5.82 Å². The number of benzene rings is 1. The predicted octanol–water partition coefficient (Wildman–Crippen LogP) is 2.27. The van der Waals surface area contributed by atoms with Crippen molar-refractivity contribution in [3.8, 4) is 11.8 Å². The van der Waals surface area contributed by atoms with Crippen LogP contribution in [0.1, 0.15) is 11.1 Å². The summed E-state index contributed by atoms with van der Waals surface area (Å²) in [5, 5.41) is 9.34. The highest BCUT2D eigenvalue weighted by Gasteiger charge is 2.04. The van der Waals surface area contributed by atoms with E-state index in [1.807, 2.05) is 30.3 Å². The molecule has 0 aliphatic rings. The summed E-state index contributed by atoms with van der Waals surface area (Å²) in [4.78, 5) is 8.19. The van der Waals surface area contributed by atoms with Gasteiger partial charge >= 0.3 is 0 Å². The van der Waals surface area contributed by atoms with E-state index in [9.17, 15) is 0 Å². The second-order valence-corrected chi connectivity index (χ2v) is 5.07. The van der Waals surface area contributed by atoms with Gasteiger partial charge in [0.15, 0.2) is 5.16 Å². The van der Waals surface area contributed by atoms with Crippen LogP contribution in [0.2, 0.25) is 0 Å². The molecule has 102 valence electrons. The molecule has 0 unspecified atom stereocenters. The van der Waals surface area contributed by atoms with Gasteiger partial charge in [0.05, 0.1) is 13.3 Å². The van der Waals surface area contributed by atoms with Crippen molar-refractivity contribution < 1.29 is 4.74 Å². The Labute approximate surface area is 121 Å². The number of nitrogen functional groups attached to an aromatic ring is 1. The number of nitrogens with zero attached hydrogens (tertiary/aromatic N) is 3. The number of rotatable bonds is 5. The lowest BCUT2D eigenvalue weighted by Crippen LogP contribution is -1.99. The van der Waals surface area contributed by atoms with Crippen molar-refractivity contribution in [2.24, 2.45) is 0 Å². The molecule has 1 aromatic heterocycles. The summed E-state index contributed by atoms with van der Waals surface area (Å²) in [7, 11) is 1.65. The number of hydrogen-bond donors (Lipinski definition) is 1. The van der Waals surface area contributed by atoms with E-state index in [0.717, 1.165) is 17.9 Å². The molecular weight excluding hydrogens is 272 g/mol. The van der Waals surface area contributed by atoms with Crippen molar-refractivity contribution in [3.63, 3.8) is 0 Å². The Hall–Kier alpha value is -2.26. The summed E-state index contributed by atoms with van der Waals surface area (Å²) in [6.07, 6.45) is 2.36. The molecule has 0 saturated heterocycles. The number of nitriles is 1. The average Bonchev–Trinajstić information content (AvgIpc) is 2.48. The van der Waals surface area contributed by atoms with E-state index in [1.165, 1.54) is 23.5 Å². The fraction of sp³-hybridized carbons (Fsp3) is 0.214. The Morgan fingerprint density at radius 1 is 1.35 bits per heavy atom. The van der Waals surface area contributed by atoms with Gasteiger partial charge in [0.1, 0.15) is 23.2 Å². The van der Waals surface area contributed by atoms with E-state index in [2.05, 4.69) is 9.97 Å². The number of nitrogens with two attached hydrogens (primary N) is 1. The van der Waals surface area contributed by atoms with Crippen molar-refractivity contribution in [1.29, 1.82) is 5.26 Å². The van der Waals surface area contributed by atoms with Gasteiger partial charge in [0.2, 0.25) is 0 Å². The molecule has 2 aromatic rings. The summed E-state index contributed by atoms with van der Waals surface area (Å²) in [5.41, 5.74) is 7.18. The SMILES string of the molecule is COc1ccc(CCSc2ncc(C#N)c(N)n2)cc1. The molecule has 6 heteroatoms. The number of thioether (sulfide) groups is 1. The quantitative estimate of drug-likeness (QED) is 0.670. The van der Waals surface area contributed by atoms with E-state index < -0.39 is 0 Å². The third-order valence-electron chi connectivity index (χ3n) is 2.70. The van der Waals surface area contributed by atoms with Crippen LogP contribution in [0.3, 0.4) is 0 Å². The molecule has 20 heavy (non-hydrogen) atoms. The molecule has 0 aliphatic heterocycles. The smallest absolute Gasteiger partial charge is 0.189 e. The fourth-order valence-electron chi connectivity index (χ4n) is 1.59. The molecule has 0 radical (unpaired) electrons. The molecule has 1 aromatic carbocycles. The first-order valence-corrected chi connectivity index (χ1v) is 7.00. The van der Waals surface area contributed by atoms with E-state index in [4.69, 9.17) is 15.7 Å². The van der Waals surface area contributed by atoms with Gasteiger partial charge in [-0.05, 0) is 24.1 Å². The van der Waals surface area contributed by atoms with E-state index >= 15 is 0 Å². The Morgan fingerprint density at radius 3 is 2.70 bits per heavy atom. The maximum absolute atomic E-state index is 8.75. The molecule has 2 rings (SSSR count). The van der Waals surface area contributed by atoms with Crippen LogP contribution in [0.25, 0.3) is 0 Å². The third-order valence-corrected chi connectivity index (χ3v) is 3.56. The predicted molar refractivity (Wildman–Crippen MR) is 78.6 cm³/mol. The van der Waals surface area contributed by atoms with Crippen LogP contribution in [0.15, 0.2) is 35.6 Å². The van der Waals surface area contributed by atoms with Gasteiger partial charge in [-0.25, -0.2) is 9.97 Å². The molecule has 0 bridgehead atoms. The zero-order chi connectivity index (χ0) is 14.4. The monoisotopic (exact) mass is 286 g/mol. The minimum absolute atomic E-state index is 0.231. The molecule has 0 spiro atoms. The lowest BCUT2D eigenvalue weighted by molar-refractivity contribution is 0.414. The number of aryl methyl sites for hydroxylation is 1. The number of ether oxygens (including phenoxy) is 1. The maximum atomic E-state index is 8.75. The van der Waals surface area contributed by atoms with Gasteiger partial charge < -0.3 is 10.5 Å². The van der Waals surface area contributed by atoms with Crippen molar-refractivity contribution in [2.75, 3.05) is 18.6 Å². The standard InChI is InChI=1S/C14H14N4OS/c1-19-12-4-2-10(3-5-12)6-7-20-14-17-9-11(8-15)13(16)18-14/h2-5,9H,6-7H2,1H3,(H2,16,17,18). The summed E-state index contributed by atoms with van der Waals surface area (Å²) in [6.45, 7) is 0. The average molecular weight is 286 g/mol. The van der Waals surface area contributed by atoms with Crippen molar-refractivity contribution in [3.05, 3.63) is 41.6 Å². The topological polar surface area (TPSA) is 84.8 Å². The number of anilines is 1. The first kappa shape index (κ1) is 14.2. The van der Waals surface area contributed by atoms with Gasteiger partial charge in [-0.2, -0.15) is 5.26 Å². The number of aromatic nitrogens is 2. The van der Waals surface area contributed by atoms with E-state index in [-0.39, 0.29) is 5.82 Å². The lowest BCUT2D eigenvalue weighted by Gasteiger charge is -2.04. The Morgan fingerprint density at radius 2 is 2.10 bits per heavy atom. The second-order valence-electron chi connectivity index (χ2n) is 4.01. The highest BCUT2D eigenvalue weighted by Crippen LogP contribution is 2.18. The molecule has 0 amide bonds. The highest BCUT2D eigenvalue weighted by molar-refractivity contribution is 7.99. The summed E-state index contributed by atoms with van der Waals surface area (Å²) in [5.74, 6) is 1.93. The maximum Gasteiger partial charge on any atom is 0.189 e. The molecular formula is C14H14N4OS. The van der Waals surface area contributed by atoms with Crippen LogP contribution < -0.4 is 10.5 Å². The van der Waals surface area contributed by atoms with Gasteiger partial charge in [0, 0.05) is 5.75 Å². The highest BCUT2D eigenvalue weighted by atomic mass is 32.2. The van der Waals surface area contributed by atoms with Gasteiger partial charge in [-0.15, -0.1) is 0 Å². The lowest BCUT2D eigenvalue weighted by atomic mass is 10.2. The molecule has 0 atom stereocenters. The molecule has 0 aliphatic carbocycles. The Balaban J connectivity index is 1.89. The first-order valence-electron chi connectivity index (χ1n) is 6.01. The summed E-state index contributed by atoms with van der Waals surface area (Å²) >= 11 is 1.52. The fourth-order valence-corrected chi connectivity index (χ4v) is 2.40. The van der Waals surface area contributed by atoms with Crippen LogP contribution in [0, 0.1) is 11.3 Å². The molecule has 0 fully saturated rings.